The van der Waals surface area contributed by atoms with Crippen molar-refractivity contribution in [3.05, 3.63) is 52.8 Å². The zero-order chi connectivity index (χ0) is 13.1. The van der Waals surface area contributed by atoms with Crippen LogP contribution in [-0.4, -0.2) is 0 Å². The fraction of sp³-hybridized carbons (Fsp3) is 0. The van der Waals surface area contributed by atoms with Crippen molar-refractivity contribution in [2.45, 2.75) is 0 Å². The Kier molecular flexibility index (Phi) is 3.35. The predicted molar refractivity (Wildman–Crippen MR) is 67.1 cm³/mol. The van der Waals surface area contributed by atoms with Crippen LogP contribution in [0, 0.1) is 17.1 Å². The van der Waals surface area contributed by atoms with Gasteiger partial charge in [0, 0.05) is 5.69 Å². The fourth-order valence-electron chi connectivity index (χ4n) is 1.37. The van der Waals surface area contributed by atoms with Gasteiger partial charge in [-0.05, 0) is 36.4 Å². The van der Waals surface area contributed by atoms with E-state index >= 15 is 0 Å². The molecule has 2 aromatic carbocycles. The van der Waals surface area contributed by atoms with Gasteiger partial charge in [-0.25, -0.2) is 4.39 Å². The van der Waals surface area contributed by atoms with Gasteiger partial charge in [0.1, 0.15) is 5.75 Å². The molecule has 18 heavy (non-hydrogen) atoms. The molecule has 2 rings (SSSR count). The quantitative estimate of drug-likeness (QED) is 0.839. The largest absolute Gasteiger partial charge is 0.453 e. The molecule has 0 aliphatic rings. The minimum absolute atomic E-state index is 0.000622. The Morgan fingerprint density at radius 3 is 2.50 bits per heavy atom. The highest BCUT2D eigenvalue weighted by Crippen LogP contribution is 2.32. The molecular weight excluding hydrogens is 255 g/mol. The van der Waals surface area contributed by atoms with Gasteiger partial charge in [0.05, 0.1) is 16.7 Å². The van der Waals surface area contributed by atoms with Crippen LogP contribution in [0.1, 0.15) is 5.56 Å². The summed E-state index contributed by atoms with van der Waals surface area (Å²) < 4.78 is 18.9. The van der Waals surface area contributed by atoms with E-state index in [-0.39, 0.29) is 11.3 Å². The van der Waals surface area contributed by atoms with Crippen molar-refractivity contribution < 1.29 is 9.13 Å². The van der Waals surface area contributed by atoms with Crippen LogP contribution in [0.25, 0.3) is 0 Å². The van der Waals surface area contributed by atoms with Gasteiger partial charge >= 0.3 is 0 Å². The third kappa shape index (κ3) is 2.53. The van der Waals surface area contributed by atoms with Crippen molar-refractivity contribution in [3.8, 4) is 17.6 Å². The van der Waals surface area contributed by atoms with Crippen molar-refractivity contribution in [1.29, 1.82) is 5.26 Å². The van der Waals surface area contributed by atoms with Gasteiger partial charge in [0.2, 0.25) is 0 Å². The first-order chi connectivity index (χ1) is 8.60. The van der Waals surface area contributed by atoms with Crippen LogP contribution < -0.4 is 10.5 Å². The van der Waals surface area contributed by atoms with Crippen LogP contribution in [0.5, 0.6) is 11.5 Å². The fourth-order valence-corrected chi connectivity index (χ4v) is 1.60. The smallest absolute Gasteiger partial charge is 0.167 e. The lowest BCUT2D eigenvalue weighted by Crippen LogP contribution is -1.91. The summed E-state index contributed by atoms with van der Waals surface area (Å²) in [4.78, 5) is 0. The normalized spacial score (nSPS) is 9.83. The maximum Gasteiger partial charge on any atom is 0.167 e. The summed E-state index contributed by atoms with van der Waals surface area (Å²) in [6, 6.07) is 10.4. The molecule has 0 saturated heterocycles. The summed E-state index contributed by atoms with van der Waals surface area (Å²) in [6.07, 6.45) is 0. The second kappa shape index (κ2) is 4.94. The number of benzene rings is 2. The Balaban J connectivity index is 2.32. The molecule has 0 radical (unpaired) electrons. The molecule has 5 heteroatoms. The van der Waals surface area contributed by atoms with E-state index < -0.39 is 5.82 Å². The van der Waals surface area contributed by atoms with E-state index in [4.69, 9.17) is 27.3 Å². The van der Waals surface area contributed by atoms with Gasteiger partial charge in [-0.1, -0.05) is 11.6 Å². The Hall–Kier alpha value is -2.25. The standard InChI is InChI=1S/C13H8ClFN2O/c14-10-6-9(17)2-4-12(10)18-13-3-1-8(7-16)5-11(13)15/h1-6H,17H2. The summed E-state index contributed by atoms with van der Waals surface area (Å²) in [5.41, 5.74) is 6.26. The topological polar surface area (TPSA) is 59.0 Å². The van der Waals surface area contributed by atoms with Crippen molar-refractivity contribution in [1.82, 2.24) is 0 Å². The lowest BCUT2D eigenvalue weighted by Gasteiger charge is -2.08. The van der Waals surface area contributed by atoms with Crippen LogP contribution in [0.3, 0.4) is 0 Å². The highest BCUT2D eigenvalue weighted by Gasteiger charge is 2.08. The number of ether oxygens (including phenoxy) is 1. The molecule has 2 N–H and O–H groups in total. The van der Waals surface area contributed by atoms with E-state index in [9.17, 15) is 4.39 Å². The monoisotopic (exact) mass is 262 g/mol. The first kappa shape index (κ1) is 12.2. The molecule has 0 saturated carbocycles. The van der Waals surface area contributed by atoms with E-state index in [0.29, 0.717) is 16.5 Å². The number of halogens is 2. The molecular formula is C13H8ClFN2O. The zero-order valence-corrected chi connectivity index (χ0v) is 9.91. The van der Waals surface area contributed by atoms with Crippen molar-refractivity contribution in [2.75, 3.05) is 5.73 Å². The summed E-state index contributed by atoms with van der Waals surface area (Å²) >= 11 is 5.91. The van der Waals surface area contributed by atoms with Gasteiger partial charge in [-0.3, -0.25) is 0 Å². The number of nitrogens with two attached hydrogens (primary N) is 1. The molecule has 0 spiro atoms. The SMILES string of the molecule is N#Cc1ccc(Oc2ccc(N)cc2Cl)c(F)c1. The molecule has 0 fully saturated rings. The predicted octanol–water partition coefficient (Wildman–Crippen LogP) is 3.73. The molecule has 0 unspecified atom stereocenters. The van der Waals surface area contributed by atoms with Crippen LogP contribution in [0.4, 0.5) is 10.1 Å². The summed E-state index contributed by atoms with van der Waals surface area (Å²) in [5.74, 6) is -0.322. The first-order valence-electron chi connectivity index (χ1n) is 5.02. The van der Waals surface area contributed by atoms with E-state index in [2.05, 4.69) is 0 Å². The van der Waals surface area contributed by atoms with E-state index in [1.165, 1.54) is 18.2 Å². The van der Waals surface area contributed by atoms with Gasteiger partial charge in [0.15, 0.2) is 11.6 Å². The Morgan fingerprint density at radius 2 is 1.89 bits per heavy atom. The highest BCUT2D eigenvalue weighted by atomic mass is 35.5. The van der Waals surface area contributed by atoms with Crippen LogP contribution in [0.15, 0.2) is 36.4 Å². The molecule has 0 aromatic heterocycles. The molecule has 2 aromatic rings. The number of anilines is 1. The van der Waals surface area contributed by atoms with Gasteiger partial charge in [0.25, 0.3) is 0 Å². The van der Waals surface area contributed by atoms with Crippen LogP contribution >= 0.6 is 11.6 Å². The zero-order valence-electron chi connectivity index (χ0n) is 9.15. The number of nitrogens with zero attached hydrogens (tertiary/aromatic N) is 1. The number of rotatable bonds is 2. The van der Waals surface area contributed by atoms with E-state index in [1.54, 1.807) is 12.1 Å². The number of hydrogen-bond acceptors (Lipinski definition) is 3. The number of nitrogen functional groups attached to an aromatic ring is 1. The summed E-state index contributed by atoms with van der Waals surface area (Å²) in [7, 11) is 0. The minimum atomic E-state index is -0.623. The van der Waals surface area contributed by atoms with Crippen molar-refractivity contribution in [2.24, 2.45) is 0 Å². The Bertz CT molecular complexity index is 637. The molecule has 90 valence electrons. The lowest BCUT2D eigenvalue weighted by atomic mass is 10.2. The van der Waals surface area contributed by atoms with Crippen molar-refractivity contribution >= 4 is 17.3 Å². The highest BCUT2D eigenvalue weighted by molar-refractivity contribution is 6.32. The molecule has 0 amide bonds. The molecule has 0 aliphatic heterocycles. The van der Waals surface area contributed by atoms with Crippen LogP contribution in [-0.2, 0) is 0 Å². The van der Waals surface area contributed by atoms with Crippen LogP contribution in [0.2, 0.25) is 5.02 Å². The first-order valence-corrected chi connectivity index (χ1v) is 5.40. The second-order valence-electron chi connectivity index (χ2n) is 3.55. The molecule has 3 nitrogen and oxygen atoms in total. The number of hydrogen-bond donors (Lipinski definition) is 1. The number of nitriles is 1. The third-order valence-corrected chi connectivity index (χ3v) is 2.53. The third-order valence-electron chi connectivity index (χ3n) is 2.24. The molecule has 0 aliphatic carbocycles. The average molecular weight is 263 g/mol. The summed E-state index contributed by atoms with van der Waals surface area (Å²) in [6.45, 7) is 0. The maximum atomic E-state index is 13.6. The Labute approximate surface area is 108 Å². The van der Waals surface area contributed by atoms with Gasteiger partial charge in [-0.15, -0.1) is 0 Å². The Morgan fingerprint density at radius 1 is 1.17 bits per heavy atom. The van der Waals surface area contributed by atoms with E-state index in [1.807, 2.05) is 6.07 Å². The molecule has 0 heterocycles. The molecule has 0 atom stereocenters. The maximum absolute atomic E-state index is 13.6. The van der Waals surface area contributed by atoms with Crippen molar-refractivity contribution in [3.63, 3.8) is 0 Å². The van der Waals surface area contributed by atoms with E-state index in [0.717, 1.165) is 6.07 Å². The lowest BCUT2D eigenvalue weighted by molar-refractivity contribution is 0.442. The minimum Gasteiger partial charge on any atom is -0.453 e. The van der Waals surface area contributed by atoms with Gasteiger partial charge < -0.3 is 10.5 Å². The molecule has 0 bridgehead atoms. The second-order valence-corrected chi connectivity index (χ2v) is 3.96. The summed E-state index contributed by atoms with van der Waals surface area (Å²) in [5, 5.41) is 8.92. The van der Waals surface area contributed by atoms with Gasteiger partial charge in [-0.2, -0.15) is 5.26 Å². The average Bonchev–Trinajstić information content (AvgIpc) is 2.34.